The molecule has 22 heavy (non-hydrogen) atoms. The van der Waals surface area contributed by atoms with E-state index in [2.05, 4.69) is 10.6 Å². The fraction of sp³-hybridized carbons (Fsp3) is 0.500. The predicted octanol–water partition coefficient (Wildman–Crippen LogP) is 3.08. The van der Waals surface area contributed by atoms with Crippen LogP contribution in [-0.2, 0) is 9.59 Å². The van der Waals surface area contributed by atoms with Crippen molar-refractivity contribution in [1.82, 2.24) is 0 Å². The van der Waals surface area contributed by atoms with E-state index in [9.17, 15) is 9.59 Å². The van der Waals surface area contributed by atoms with Gasteiger partial charge in [-0.05, 0) is 31.0 Å². The van der Waals surface area contributed by atoms with Gasteiger partial charge in [-0.3, -0.25) is 9.59 Å². The van der Waals surface area contributed by atoms with Crippen LogP contribution in [-0.4, -0.2) is 17.9 Å². The first-order chi connectivity index (χ1) is 9.85. The number of carbonyl (C=O) groups excluding carboxylic acids is 2. The Hall–Kier alpha value is -1.59. The Kier molecular flexibility index (Phi) is 8.75. The second kappa shape index (κ2) is 9.43. The largest absolute Gasteiger partial charge is 0.326 e. The van der Waals surface area contributed by atoms with E-state index < -0.39 is 6.04 Å². The highest BCUT2D eigenvalue weighted by molar-refractivity contribution is 5.97. The van der Waals surface area contributed by atoms with Crippen LogP contribution in [0.4, 0.5) is 11.4 Å². The first-order valence-electron chi connectivity index (χ1n) is 7.33. The number of hydrogen-bond donors (Lipinski definition) is 3. The highest BCUT2D eigenvalue weighted by Crippen LogP contribution is 2.21. The number of carbonyl (C=O) groups is 2. The van der Waals surface area contributed by atoms with E-state index in [1.807, 2.05) is 39.8 Å². The average molecular weight is 328 g/mol. The molecule has 0 heterocycles. The average Bonchev–Trinajstić information content (AvgIpc) is 2.42. The monoisotopic (exact) mass is 327 g/mol. The van der Waals surface area contributed by atoms with Gasteiger partial charge in [0.2, 0.25) is 11.8 Å². The van der Waals surface area contributed by atoms with Gasteiger partial charge in [-0.1, -0.05) is 33.3 Å². The molecule has 6 heteroatoms. The molecule has 0 aliphatic heterocycles. The van der Waals surface area contributed by atoms with Crippen molar-refractivity contribution in [3.05, 3.63) is 23.8 Å². The Morgan fingerprint density at radius 1 is 1.18 bits per heavy atom. The number of halogens is 1. The molecule has 124 valence electrons. The van der Waals surface area contributed by atoms with E-state index in [4.69, 9.17) is 5.73 Å². The van der Waals surface area contributed by atoms with Crippen LogP contribution in [0.3, 0.4) is 0 Å². The van der Waals surface area contributed by atoms with Gasteiger partial charge in [-0.2, -0.15) is 0 Å². The highest BCUT2D eigenvalue weighted by atomic mass is 35.5. The van der Waals surface area contributed by atoms with E-state index in [0.717, 1.165) is 12.0 Å². The molecule has 0 spiro atoms. The molecule has 5 nitrogen and oxygen atoms in total. The molecule has 0 aromatic heterocycles. The van der Waals surface area contributed by atoms with Gasteiger partial charge < -0.3 is 16.4 Å². The third kappa shape index (κ3) is 6.03. The molecule has 0 saturated heterocycles. The van der Waals surface area contributed by atoms with Crippen molar-refractivity contribution in [3.63, 3.8) is 0 Å². The van der Waals surface area contributed by atoms with Crippen LogP contribution in [0.1, 0.15) is 39.2 Å². The second-order valence-electron chi connectivity index (χ2n) is 5.56. The summed E-state index contributed by atoms with van der Waals surface area (Å²) in [6.07, 6.45) is 1.51. The van der Waals surface area contributed by atoms with E-state index in [0.29, 0.717) is 17.8 Å². The lowest BCUT2D eigenvalue weighted by Crippen LogP contribution is -2.35. The fourth-order valence-electron chi connectivity index (χ4n) is 1.79. The van der Waals surface area contributed by atoms with Gasteiger partial charge in [-0.25, -0.2) is 0 Å². The third-order valence-electron chi connectivity index (χ3n) is 3.22. The van der Waals surface area contributed by atoms with Gasteiger partial charge >= 0.3 is 0 Å². The molecule has 0 fully saturated rings. The van der Waals surface area contributed by atoms with Crippen molar-refractivity contribution < 1.29 is 9.59 Å². The standard InChI is InChI=1S/C16H25N3O2.ClH/c1-5-6-13(17)16(21)19-14-9-12(8-7-11(14)4)18-15(20)10(2)3;/h7-10,13H,5-6,17H2,1-4H3,(H,18,20)(H,19,21);1H. The smallest absolute Gasteiger partial charge is 0.241 e. The lowest BCUT2D eigenvalue weighted by Gasteiger charge is -2.15. The molecule has 0 aliphatic carbocycles. The number of aryl methyl sites for hydroxylation is 1. The maximum Gasteiger partial charge on any atom is 0.241 e. The summed E-state index contributed by atoms with van der Waals surface area (Å²) in [6.45, 7) is 7.54. The molecule has 1 rings (SSSR count). The van der Waals surface area contributed by atoms with Crippen molar-refractivity contribution in [2.75, 3.05) is 10.6 Å². The highest BCUT2D eigenvalue weighted by Gasteiger charge is 2.14. The molecule has 4 N–H and O–H groups in total. The van der Waals surface area contributed by atoms with Crippen molar-refractivity contribution in [2.45, 2.75) is 46.6 Å². The van der Waals surface area contributed by atoms with Gasteiger partial charge in [0.25, 0.3) is 0 Å². The molecule has 0 radical (unpaired) electrons. The summed E-state index contributed by atoms with van der Waals surface area (Å²) < 4.78 is 0. The van der Waals surface area contributed by atoms with Crippen LogP contribution in [0.15, 0.2) is 18.2 Å². The summed E-state index contributed by atoms with van der Waals surface area (Å²) in [5, 5.41) is 5.64. The number of amides is 2. The van der Waals surface area contributed by atoms with Crippen LogP contribution < -0.4 is 16.4 Å². The van der Waals surface area contributed by atoms with Gasteiger partial charge in [-0.15, -0.1) is 12.4 Å². The summed E-state index contributed by atoms with van der Waals surface area (Å²) in [5.41, 5.74) is 8.07. The zero-order valence-electron chi connectivity index (χ0n) is 13.6. The Balaban J connectivity index is 0.00000441. The van der Waals surface area contributed by atoms with Crippen LogP contribution in [0.25, 0.3) is 0 Å². The SMILES string of the molecule is CCCC(N)C(=O)Nc1cc(NC(=O)C(C)C)ccc1C.Cl. The molecular weight excluding hydrogens is 302 g/mol. The fourth-order valence-corrected chi connectivity index (χ4v) is 1.79. The zero-order valence-corrected chi connectivity index (χ0v) is 14.4. The molecule has 1 atom stereocenters. The number of nitrogens with two attached hydrogens (primary N) is 1. The number of anilines is 2. The van der Waals surface area contributed by atoms with E-state index in [1.54, 1.807) is 6.07 Å². The van der Waals surface area contributed by atoms with Gasteiger partial charge in [0.15, 0.2) is 0 Å². The lowest BCUT2D eigenvalue weighted by molar-refractivity contribution is -0.119. The van der Waals surface area contributed by atoms with Crippen molar-refractivity contribution in [2.24, 2.45) is 11.7 Å². The Morgan fingerprint density at radius 2 is 1.82 bits per heavy atom. The molecule has 1 aromatic carbocycles. The predicted molar refractivity (Wildman–Crippen MR) is 93.4 cm³/mol. The molecular formula is C16H26ClN3O2. The molecule has 1 aromatic rings. The van der Waals surface area contributed by atoms with E-state index >= 15 is 0 Å². The molecule has 2 amide bonds. The van der Waals surface area contributed by atoms with Crippen molar-refractivity contribution >= 4 is 35.6 Å². The summed E-state index contributed by atoms with van der Waals surface area (Å²) >= 11 is 0. The van der Waals surface area contributed by atoms with Gasteiger partial charge in [0.05, 0.1) is 6.04 Å². The van der Waals surface area contributed by atoms with Gasteiger partial charge in [0, 0.05) is 17.3 Å². The van der Waals surface area contributed by atoms with Crippen LogP contribution in [0.2, 0.25) is 0 Å². The zero-order chi connectivity index (χ0) is 16.0. The normalized spacial score (nSPS) is 11.5. The maximum atomic E-state index is 12.0. The van der Waals surface area contributed by atoms with Crippen LogP contribution >= 0.6 is 12.4 Å². The van der Waals surface area contributed by atoms with E-state index in [-0.39, 0.29) is 30.1 Å². The lowest BCUT2D eigenvalue weighted by atomic mass is 10.1. The topological polar surface area (TPSA) is 84.2 Å². The van der Waals surface area contributed by atoms with Crippen molar-refractivity contribution in [1.29, 1.82) is 0 Å². The maximum absolute atomic E-state index is 12.0. The Labute approximate surface area is 138 Å². The number of benzene rings is 1. The van der Waals surface area contributed by atoms with Gasteiger partial charge in [0.1, 0.15) is 0 Å². The Bertz CT molecular complexity index is 518. The minimum absolute atomic E-state index is 0. The third-order valence-corrected chi connectivity index (χ3v) is 3.22. The quantitative estimate of drug-likeness (QED) is 0.750. The molecule has 1 unspecified atom stereocenters. The Morgan fingerprint density at radius 3 is 2.36 bits per heavy atom. The van der Waals surface area contributed by atoms with E-state index in [1.165, 1.54) is 0 Å². The molecule has 0 aliphatic rings. The molecule has 0 saturated carbocycles. The number of hydrogen-bond acceptors (Lipinski definition) is 3. The van der Waals surface area contributed by atoms with Crippen LogP contribution in [0, 0.1) is 12.8 Å². The van der Waals surface area contributed by atoms with Crippen LogP contribution in [0.5, 0.6) is 0 Å². The molecule has 0 bridgehead atoms. The van der Waals surface area contributed by atoms with Crippen molar-refractivity contribution in [3.8, 4) is 0 Å². The first-order valence-corrected chi connectivity index (χ1v) is 7.33. The summed E-state index contributed by atoms with van der Waals surface area (Å²) in [7, 11) is 0. The summed E-state index contributed by atoms with van der Waals surface area (Å²) in [4.78, 5) is 23.7. The first kappa shape index (κ1) is 20.4. The number of rotatable bonds is 6. The number of nitrogens with one attached hydrogen (secondary N) is 2. The second-order valence-corrected chi connectivity index (χ2v) is 5.56. The summed E-state index contributed by atoms with van der Waals surface area (Å²) in [6, 6.07) is 4.92. The summed E-state index contributed by atoms with van der Waals surface area (Å²) in [5.74, 6) is -0.353. The minimum Gasteiger partial charge on any atom is -0.326 e. The minimum atomic E-state index is -0.511.